The Hall–Kier alpha value is -1.31. The van der Waals surface area contributed by atoms with E-state index in [4.69, 9.17) is 10.5 Å². The molecule has 1 aliphatic heterocycles. The number of anilines is 2. The zero-order chi connectivity index (χ0) is 14.6. The molecule has 0 bridgehead atoms. The van der Waals surface area contributed by atoms with Gasteiger partial charge >= 0.3 is 0 Å². The van der Waals surface area contributed by atoms with Gasteiger partial charge in [-0.05, 0) is 12.1 Å². The summed E-state index contributed by atoms with van der Waals surface area (Å²) in [5.74, 6) is 0.0387. The van der Waals surface area contributed by atoms with Gasteiger partial charge in [0, 0.05) is 33.3 Å². The third-order valence-electron chi connectivity index (χ3n) is 3.45. The Balaban J connectivity index is 1.98. The molecule has 1 heterocycles. The Morgan fingerprint density at radius 1 is 1.20 bits per heavy atom. The quantitative estimate of drug-likeness (QED) is 0.795. The Morgan fingerprint density at radius 3 is 2.45 bits per heavy atom. The highest BCUT2D eigenvalue weighted by molar-refractivity contribution is 7.89. The molecule has 7 heteroatoms. The molecule has 0 aliphatic carbocycles. The number of piperazine rings is 1. The minimum Gasteiger partial charge on any atom is -0.397 e. The summed E-state index contributed by atoms with van der Waals surface area (Å²) < 4.78 is 30.5. The van der Waals surface area contributed by atoms with Crippen LogP contribution in [-0.2, 0) is 14.8 Å². The monoisotopic (exact) mass is 299 g/mol. The molecule has 1 fully saturated rings. The molecule has 0 amide bonds. The number of nitrogens with zero attached hydrogens (tertiary/aromatic N) is 2. The molecule has 1 saturated heterocycles. The molecule has 6 nitrogen and oxygen atoms in total. The highest BCUT2D eigenvalue weighted by Gasteiger charge is 2.27. The third kappa shape index (κ3) is 3.41. The summed E-state index contributed by atoms with van der Waals surface area (Å²) in [5.41, 5.74) is 7.65. The van der Waals surface area contributed by atoms with Gasteiger partial charge in [-0.15, -0.1) is 0 Å². The van der Waals surface area contributed by atoms with Crippen LogP contribution in [0.3, 0.4) is 0 Å². The molecule has 1 aromatic rings. The molecule has 0 unspecified atom stereocenters. The summed E-state index contributed by atoms with van der Waals surface area (Å²) in [7, 11) is -1.71. The van der Waals surface area contributed by atoms with Gasteiger partial charge in [0.1, 0.15) is 0 Å². The van der Waals surface area contributed by atoms with E-state index in [1.54, 1.807) is 0 Å². The van der Waals surface area contributed by atoms with E-state index >= 15 is 0 Å². The van der Waals surface area contributed by atoms with Crippen LogP contribution in [0.15, 0.2) is 24.3 Å². The summed E-state index contributed by atoms with van der Waals surface area (Å²) in [6, 6.07) is 7.65. The van der Waals surface area contributed by atoms with Gasteiger partial charge in [-0.25, -0.2) is 8.42 Å². The molecule has 2 N–H and O–H groups in total. The van der Waals surface area contributed by atoms with Gasteiger partial charge in [-0.1, -0.05) is 12.1 Å². The lowest BCUT2D eigenvalue weighted by Crippen LogP contribution is -2.49. The largest absolute Gasteiger partial charge is 0.397 e. The van der Waals surface area contributed by atoms with E-state index in [0.717, 1.165) is 11.4 Å². The van der Waals surface area contributed by atoms with E-state index in [9.17, 15) is 8.42 Å². The average Bonchev–Trinajstić information content (AvgIpc) is 2.46. The minimum atomic E-state index is -3.21. The van der Waals surface area contributed by atoms with E-state index in [-0.39, 0.29) is 12.4 Å². The Morgan fingerprint density at radius 2 is 1.85 bits per heavy atom. The zero-order valence-electron chi connectivity index (χ0n) is 11.7. The predicted octanol–water partition coefficient (Wildman–Crippen LogP) is 0.367. The van der Waals surface area contributed by atoms with Crippen LogP contribution in [0.25, 0.3) is 0 Å². The van der Waals surface area contributed by atoms with E-state index in [2.05, 4.69) is 4.90 Å². The first-order valence-corrected chi connectivity index (χ1v) is 8.22. The molecule has 1 aliphatic rings. The van der Waals surface area contributed by atoms with E-state index in [0.29, 0.717) is 26.2 Å². The summed E-state index contributed by atoms with van der Waals surface area (Å²) in [6.07, 6.45) is 0. The van der Waals surface area contributed by atoms with Gasteiger partial charge in [0.25, 0.3) is 0 Å². The summed E-state index contributed by atoms with van der Waals surface area (Å²) in [5, 5.41) is 0. The van der Waals surface area contributed by atoms with E-state index < -0.39 is 10.0 Å². The van der Waals surface area contributed by atoms with Crippen molar-refractivity contribution in [3.63, 3.8) is 0 Å². The highest BCUT2D eigenvalue weighted by Crippen LogP contribution is 2.24. The third-order valence-corrected chi connectivity index (χ3v) is 5.29. The van der Waals surface area contributed by atoms with Gasteiger partial charge < -0.3 is 15.4 Å². The van der Waals surface area contributed by atoms with Crippen LogP contribution in [0.2, 0.25) is 0 Å². The lowest BCUT2D eigenvalue weighted by molar-refractivity contribution is 0.215. The predicted molar refractivity (Wildman–Crippen MR) is 80.3 cm³/mol. The summed E-state index contributed by atoms with van der Waals surface area (Å²) >= 11 is 0. The molecular weight excluding hydrogens is 278 g/mol. The van der Waals surface area contributed by atoms with Crippen molar-refractivity contribution in [2.45, 2.75) is 0 Å². The number of nitrogens with two attached hydrogens (primary N) is 1. The fourth-order valence-corrected chi connectivity index (χ4v) is 3.66. The van der Waals surface area contributed by atoms with Crippen molar-refractivity contribution < 1.29 is 13.2 Å². The lowest BCUT2D eigenvalue weighted by atomic mass is 10.2. The lowest BCUT2D eigenvalue weighted by Gasteiger charge is -2.35. The Bertz CT molecular complexity index is 540. The number of hydrogen-bond donors (Lipinski definition) is 1. The Labute approximate surface area is 120 Å². The number of sulfonamides is 1. The van der Waals surface area contributed by atoms with Crippen LogP contribution in [0.4, 0.5) is 11.4 Å². The van der Waals surface area contributed by atoms with Crippen molar-refractivity contribution in [1.29, 1.82) is 0 Å². The summed E-state index contributed by atoms with van der Waals surface area (Å²) in [4.78, 5) is 2.12. The van der Waals surface area contributed by atoms with E-state index in [1.807, 2.05) is 24.3 Å². The second kappa shape index (κ2) is 6.43. The van der Waals surface area contributed by atoms with Crippen molar-refractivity contribution in [3.8, 4) is 0 Å². The van der Waals surface area contributed by atoms with Crippen molar-refractivity contribution in [2.24, 2.45) is 0 Å². The fraction of sp³-hybridized carbons (Fsp3) is 0.538. The minimum absolute atomic E-state index is 0.0387. The number of methoxy groups -OCH3 is 1. The Kier molecular flexibility index (Phi) is 4.85. The molecule has 2 rings (SSSR count). The van der Waals surface area contributed by atoms with Crippen molar-refractivity contribution >= 4 is 21.4 Å². The van der Waals surface area contributed by atoms with Crippen LogP contribution in [0.1, 0.15) is 0 Å². The van der Waals surface area contributed by atoms with Crippen molar-refractivity contribution in [1.82, 2.24) is 4.31 Å². The number of hydrogen-bond acceptors (Lipinski definition) is 5. The molecule has 112 valence electrons. The van der Waals surface area contributed by atoms with Crippen LogP contribution in [0, 0.1) is 0 Å². The number of para-hydroxylation sites is 2. The van der Waals surface area contributed by atoms with Crippen molar-refractivity contribution in [2.75, 3.05) is 56.3 Å². The van der Waals surface area contributed by atoms with Gasteiger partial charge in [0.15, 0.2) is 0 Å². The van der Waals surface area contributed by atoms with Crippen LogP contribution in [0.5, 0.6) is 0 Å². The maximum absolute atomic E-state index is 12.1. The first kappa shape index (κ1) is 15.1. The highest BCUT2D eigenvalue weighted by atomic mass is 32.2. The SMILES string of the molecule is COCCS(=O)(=O)N1CCN(c2ccccc2N)CC1. The first-order chi connectivity index (χ1) is 9.54. The van der Waals surface area contributed by atoms with Gasteiger partial charge in [-0.2, -0.15) is 4.31 Å². The number of rotatable bonds is 5. The number of ether oxygens (including phenoxy) is 1. The molecule has 0 aromatic heterocycles. The maximum atomic E-state index is 12.1. The van der Waals surface area contributed by atoms with Crippen LogP contribution in [-0.4, -0.2) is 58.4 Å². The molecule has 0 atom stereocenters. The number of benzene rings is 1. The molecule has 20 heavy (non-hydrogen) atoms. The molecule has 0 spiro atoms. The molecule has 0 radical (unpaired) electrons. The van der Waals surface area contributed by atoms with Gasteiger partial charge in [-0.3, -0.25) is 0 Å². The second-order valence-corrected chi connectivity index (χ2v) is 6.84. The number of nitrogen functional groups attached to an aromatic ring is 1. The fourth-order valence-electron chi connectivity index (χ4n) is 2.30. The van der Waals surface area contributed by atoms with Gasteiger partial charge in [0.05, 0.1) is 23.7 Å². The summed E-state index contributed by atoms with van der Waals surface area (Å²) in [6.45, 7) is 2.51. The topological polar surface area (TPSA) is 75.9 Å². The van der Waals surface area contributed by atoms with Crippen LogP contribution >= 0.6 is 0 Å². The smallest absolute Gasteiger partial charge is 0.216 e. The van der Waals surface area contributed by atoms with Crippen molar-refractivity contribution in [3.05, 3.63) is 24.3 Å². The maximum Gasteiger partial charge on any atom is 0.216 e. The van der Waals surface area contributed by atoms with Crippen LogP contribution < -0.4 is 10.6 Å². The second-order valence-electron chi connectivity index (χ2n) is 4.75. The van der Waals surface area contributed by atoms with Gasteiger partial charge in [0.2, 0.25) is 10.0 Å². The first-order valence-electron chi connectivity index (χ1n) is 6.61. The molecule has 0 saturated carbocycles. The molecular formula is C13H21N3O3S. The molecule has 1 aromatic carbocycles. The van der Waals surface area contributed by atoms with E-state index in [1.165, 1.54) is 11.4 Å². The average molecular weight is 299 g/mol. The standard InChI is InChI=1S/C13H21N3O3S/c1-19-10-11-20(17,18)16-8-6-15(7-9-16)13-5-3-2-4-12(13)14/h2-5H,6-11,14H2,1H3. The zero-order valence-corrected chi connectivity index (χ0v) is 12.5. The normalized spacial score (nSPS) is 17.4.